The van der Waals surface area contributed by atoms with Crippen molar-refractivity contribution in [3.05, 3.63) is 45.8 Å². The lowest BCUT2D eigenvalue weighted by atomic mass is 9.86. The van der Waals surface area contributed by atoms with Crippen LogP contribution < -0.4 is 14.8 Å². The van der Waals surface area contributed by atoms with Gasteiger partial charge in [0.25, 0.3) is 0 Å². The quantitative estimate of drug-likeness (QED) is 0.509. The number of carbonyl (C=O) groups excluding carboxylic acids is 2. The first kappa shape index (κ1) is 21.9. The predicted molar refractivity (Wildman–Crippen MR) is 119 cm³/mol. The molecule has 0 bridgehead atoms. The number of carbonyl (C=O) groups is 2. The zero-order valence-corrected chi connectivity index (χ0v) is 18.6. The van der Waals surface area contributed by atoms with E-state index in [0.717, 1.165) is 36.8 Å². The summed E-state index contributed by atoms with van der Waals surface area (Å²) in [6, 6.07) is 5.40. The van der Waals surface area contributed by atoms with Gasteiger partial charge >= 0.3 is 5.97 Å². The number of benzene rings is 1. The molecule has 0 spiro atoms. The van der Waals surface area contributed by atoms with Crippen molar-refractivity contribution in [3.63, 3.8) is 0 Å². The van der Waals surface area contributed by atoms with E-state index >= 15 is 0 Å². The zero-order valence-electron chi connectivity index (χ0n) is 17.7. The number of fused-ring (bicyclic) bond motifs is 1. The summed E-state index contributed by atoms with van der Waals surface area (Å²) < 4.78 is 15.5. The summed E-state index contributed by atoms with van der Waals surface area (Å²) >= 11 is 1.48. The second-order valence-corrected chi connectivity index (χ2v) is 8.26. The molecular formula is C23H27NO5S. The molecule has 0 radical (unpaired) electrons. The SMILES string of the molecule is CC[C@H]1CCc2c(sc(NC(=O)/C=C\c3ccc(OC)c(OC)c3)c2C(=O)OC)C1. The molecule has 1 aliphatic carbocycles. The minimum atomic E-state index is -0.401. The van der Waals surface area contributed by atoms with Crippen molar-refractivity contribution in [1.82, 2.24) is 0 Å². The topological polar surface area (TPSA) is 73.9 Å². The normalized spacial score (nSPS) is 15.5. The summed E-state index contributed by atoms with van der Waals surface area (Å²) in [6.07, 6.45) is 7.08. The molecule has 0 saturated heterocycles. The lowest BCUT2D eigenvalue weighted by molar-refractivity contribution is -0.111. The highest BCUT2D eigenvalue weighted by molar-refractivity contribution is 7.17. The van der Waals surface area contributed by atoms with E-state index in [9.17, 15) is 9.59 Å². The Hall–Kier alpha value is -2.80. The van der Waals surface area contributed by atoms with E-state index in [-0.39, 0.29) is 5.91 Å². The van der Waals surface area contributed by atoms with E-state index in [2.05, 4.69) is 12.2 Å². The van der Waals surface area contributed by atoms with Gasteiger partial charge in [-0.25, -0.2) is 4.79 Å². The summed E-state index contributed by atoms with van der Waals surface area (Å²) in [6.45, 7) is 2.19. The fourth-order valence-electron chi connectivity index (χ4n) is 3.69. The first-order valence-electron chi connectivity index (χ1n) is 9.94. The molecule has 0 fully saturated rings. The second kappa shape index (κ2) is 9.80. The van der Waals surface area contributed by atoms with Gasteiger partial charge in [0, 0.05) is 11.0 Å². The van der Waals surface area contributed by atoms with E-state index in [4.69, 9.17) is 14.2 Å². The van der Waals surface area contributed by atoms with Crippen LogP contribution in [-0.2, 0) is 22.4 Å². The fraction of sp³-hybridized carbons (Fsp3) is 0.391. The molecule has 2 aromatic rings. The maximum atomic E-state index is 12.6. The third kappa shape index (κ3) is 4.67. The Balaban J connectivity index is 1.80. The van der Waals surface area contributed by atoms with E-state index in [1.54, 1.807) is 32.4 Å². The number of methoxy groups -OCH3 is 3. The van der Waals surface area contributed by atoms with Gasteiger partial charge in [-0.15, -0.1) is 11.3 Å². The van der Waals surface area contributed by atoms with Crippen molar-refractivity contribution in [2.45, 2.75) is 32.6 Å². The number of anilines is 1. The van der Waals surface area contributed by atoms with E-state index in [1.165, 1.54) is 29.4 Å². The number of esters is 1. The van der Waals surface area contributed by atoms with Crippen LogP contribution in [0.15, 0.2) is 24.3 Å². The number of amides is 1. The van der Waals surface area contributed by atoms with Crippen LogP contribution in [0.1, 0.15) is 46.1 Å². The average Bonchev–Trinajstić information content (AvgIpc) is 3.13. The number of ether oxygens (including phenoxy) is 3. The monoisotopic (exact) mass is 429 g/mol. The Kier molecular flexibility index (Phi) is 7.15. The van der Waals surface area contributed by atoms with E-state index < -0.39 is 5.97 Å². The molecular weight excluding hydrogens is 402 g/mol. The molecule has 0 aliphatic heterocycles. The Morgan fingerprint density at radius 2 is 1.97 bits per heavy atom. The maximum absolute atomic E-state index is 12.6. The third-order valence-electron chi connectivity index (χ3n) is 5.41. The predicted octanol–water partition coefficient (Wildman–Crippen LogP) is 4.72. The highest BCUT2D eigenvalue weighted by Gasteiger charge is 2.29. The number of rotatable bonds is 7. The largest absolute Gasteiger partial charge is 0.493 e. The molecule has 1 amide bonds. The first-order chi connectivity index (χ1) is 14.5. The Morgan fingerprint density at radius 1 is 1.20 bits per heavy atom. The molecule has 1 atom stereocenters. The van der Waals surface area contributed by atoms with Gasteiger partial charge in [0.05, 0.1) is 26.9 Å². The smallest absolute Gasteiger partial charge is 0.341 e. The summed E-state index contributed by atoms with van der Waals surface area (Å²) in [4.78, 5) is 26.1. The van der Waals surface area contributed by atoms with Gasteiger partial charge in [-0.3, -0.25) is 4.79 Å². The molecule has 1 aliphatic rings. The zero-order chi connectivity index (χ0) is 21.7. The summed E-state index contributed by atoms with van der Waals surface area (Å²) in [5.74, 6) is 1.12. The highest BCUT2D eigenvalue weighted by Crippen LogP contribution is 2.40. The third-order valence-corrected chi connectivity index (χ3v) is 6.58. The van der Waals surface area contributed by atoms with Gasteiger partial charge in [0.15, 0.2) is 11.5 Å². The van der Waals surface area contributed by atoms with Crippen LogP contribution >= 0.6 is 11.3 Å². The summed E-state index contributed by atoms with van der Waals surface area (Å²) in [5.41, 5.74) is 2.32. The number of thiophene rings is 1. The van der Waals surface area contributed by atoms with Crippen molar-refractivity contribution in [3.8, 4) is 11.5 Å². The van der Waals surface area contributed by atoms with E-state index in [0.29, 0.717) is 28.0 Å². The van der Waals surface area contributed by atoms with Crippen molar-refractivity contribution in [1.29, 1.82) is 0 Å². The van der Waals surface area contributed by atoms with Gasteiger partial charge in [0.1, 0.15) is 5.00 Å². The molecule has 1 aromatic carbocycles. The molecule has 0 unspecified atom stereocenters. The standard InChI is InChI=1S/C23H27NO5S/c1-5-14-6-9-16-19(13-14)30-22(21(16)23(26)29-4)24-20(25)11-8-15-7-10-17(27-2)18(12-15)28-3/h7-8,10-12,14H,5-6,9,13H2,1-4H3,(H,24,25)/b11-8-/t14-/m0/s1. The van der Waals surface area contributed by atoms with Crippen LogP contribution in [-0.4, -0.2) is 33.2 Å². The van der Waals surface area contributed by atoms with Crippen LogP contribution in [0.3, 0.4) is 0 Å². The lowest BCUT2D eigenvalue weighted by Crippen LogP contribution is -2.15. The lowest BCUT2D eigenvalue weighted by Gasteiger charge is -2.20. The van der Waals surface area contributed by atoms with Gasteiger partial charge in [-0.1, -0.05) is 19.4 Å². The molecule has 160 valence electrons. The van der Waals surface area contributed by atoms with Gasteiger partial charge in [-0.2, -0.15) is 0 Å². The Bertz CT molecular complexity index is 963. The van der Waals surface area contributed by atoms with Crippen LogP contribution in [0.2, 0.25) is 0 Å². The van der Waals surface area contributed by atoms with Crippen molar-refractivity contribution >= 4 is 34.3 Å². The minimum Gasteiger partial charge on any atom is -0.493 e. The van der Waals surface area contributed by atoms with Crippen LogP contribution in [0.4, 0.5) is 5.00 Å². The highest BCUT2D eigenvalue weighted by atomic mass is 32.1. The molecule has 1 aromatic heterocycles. The molecule has 1 N–H and O–H groups in total. The molecule has 7 heteroatoms. The fourth-order valence-corrected chi connectivity index (χ4v) is 5.04. The Labute approximate surface area is 180 Å². The van der Waals surface area contributed by atoms with Crippen molar-refractivity contribution in [2.75, 3.05) is 26.6 Å². The number of nitrogens with one attached hydrogen (secondary N) is 1. The van der Waals surface area contributed by atoms with Crippen LogP contribution in [0.25, 0.3) is 6.08 Å². The average molecular weight is 430 g/mol. The molecule has 0 saturated carbocycles. The number of hydrogen-bond donors (Lipinski definition) is 1. The van der Waals surface area contributed by atoms with Gasteiger partial charge in [-0.05, 0) is 54.5 Å². The minimum absolute atomic E-state index is 0.305. The summed E-state index contributed by atoms with van der Waals surface area (Å²) in [5, 5.41) is 3.43. The molecule has 1 heterocycles. The molecule has 30 heavy (non-hydrogen) atoms. The van der Waals surface area contributed by atoms with Crippen molar-refractivity contribution < 1.29 is 23.8 Å². The second-order valence-electron chi connectivity index (χ2n) is 7.15. The van der Waals surface area contributed by atoms with Gasteiger partial charge in [0.2, 0.25) is 5.91 Å². The first-order valence-corrected chi connectivity index (χ1v) is 10.8. The Morgan fingerprint density at radius 3 is 2.63 bits per heavy atom. The van der Waals surface area contributed by atoms with Crippen LogP contribution in [0, 0.1) is 5.92 Å². The van der Waals surface area contributed by atoms with Gasteiger partial charge < -0.3 is 19.5 Å². The van der Waals surface area contributed by atoms with E-state index in [1.807, 2.05) is 6.07 Å². The molecule has 3 rings (SSSR count). The molecule has 6 nitrogen and oxygen atoms in total. The summed E-state index contributed by atoms with van der Waals surface area (Å²) in [7, 11) is 4.50. The van der Waals surface area contributed by atoms with Crippen LogP contribution in [0.5, 0.6) is 11.5 Å². The maximum Gasteiger partial charge on any atom is 0.341 e. The van der Waals surface area contributed by atoms with Crippen molar-refractivity contribution in [2.24, 2.45) is 5.92 Å². The number of hydrogen-bond acceptors (Lipinski definition) is 6.